The summed E-state index contributed by atoms with van der Waals surface area (Å²) >= 11 is 0. The highest BCUT2D eigenvalue weighted by atomic mass is 19.2. The molecule has 0 saturated carbocycles. The zero-order valence-electron chi connectivity index (χ0n) is 10.9. The standard InChI is InChI=1S/C13H21F2N3/c1-3-18(4-2)8-7-13(17-16)10-5-6-11(14)12(15)9-10/h5-6,9,13,17H,3-4,7-8,16H2,1-2H3. The minimum atomic E-state index is -0.837. The molecule has 5 heteroatoms. The quantitative estimate of drug-likeness (QED) is 0.581. The number of nitrogens with one attached hydrogen (secondary N) is 1. The van der Waals surface area contributed by atoms with Crippen LogP contribution in [-0.2, 0) is 0 Å². The number of halogens is 2. The molecule has 1 aromatic carbocycles. The summed E-state index contributed by atoms with van der Waals surface area (Å²) in [5.74, 6) is 3.80. The van der Waals surface area contributed by atoms with E-state index in [0.29, 0.717) is 5.56 Å². The molecule has 18 heavy (non-hydrogen) atoms. The van der Waals surface area contributed by atoms with Crippen LogP contribution < -0.4 is 11.3 Å². The van der Waals surface area contributed by atoms with Crippen molar-refractivity contribution < 1.29 is 8.78 Å². The molecule has 1 atom stereocenters. The number of hydrazine groups is 1. The summed E-state index contributed by atoms with van der Waals surface area (Å²) in [5.41, 5.74) is 3.32. The molecule has 0 aliphatic rings. The molecule has 0 aliphatic carbocycles. The number of benzene rings is 1. The number of hydrogen-bond donors (Lipinski definition) is 2. The number of nitrogens with two attached hydrogens (primary N) is 1. The van der Waals surface area contributed by atoms with Gasteiger partial charge >= 0.3 is 0 Å². The summed E-state index contributed by atoms with van der Waals surface area (Å²) in [7, 11) is 0. The lowest BCUT2D eigenvalue weighted by atomic mass is 10.0. The third-order valence-electron chi connectivity index (χ3n) is 3.18. The molecule has 1 unspecified atom stereocenters. The predicted molar refractivity (Wildman–Crippen MR) is 68.8 cm³/mol. The third kappa shape index (κ3) is 4.01. The van der Waals surface area contributed by atoms with Crippen LogP contribution in [0.3, 0.4) is 0 Å². The Labute approximate surface area is 107 Å². The highest BCUT2D eigenvalue weighted by molar-refractivity contribution is 5.21. The number of hydrogen-bond acceptors (Lipinski definition) is 3. The van der Waals surface area contributed by atoms with E-state index in [0.717, 1.165) is 32.1 Å². The summed E-state index contributed by atoms with van der Waals surface area (Å²) in [6.45, 7) is 6.97. The Kier molecular flexibility index (Phi) is 6.18. The zero-order chi connectivity index (χ0) is 13.5. The van der Waals surface area contributed by atoms with Gasteiger partial charge in [0, 0.05) is 6.04 Å². The number of nitrogens with zero attached hydrogens (tertiary/aromatic N) is 1. The second-order valence-electron chi connectivity index (χ2n) is 4.21. The fourth-order valence-electron chi connectivity index (χ4n) is 1.93. The summed E-state index contributed by atoms with van der Waals surface area (Å²) in [6.07, 6.45) is 0.753. The maximum Gasteiger partial charge on any atom is 0.159 e. The van der Waals surface area contributed by atoms with Crippen LogP contribution >= 0.6 is 0 Å². The fourth-order valence-corrected chi connectivity index (χ4v) is 1.93. The summed E-state index contributed by atoms with van der Waals surface area (Å²) in [6, 6.07) is 3.72. The van der Waals surface area contributed by atoms with Crippen molar-refractivity contribution in [2.45, 2.75) is 26.3 Å². The smallest absolute Gasteiger partial charge is 0.159 e. The predicted octanol–water partition coefficient (Wildman–Crippen LogP) is 2.20. The van der Waals surface area contributed by atoms with Crippen LogP contribution in [0, 0.1) is 11.6 Å². The molecule has 0 amide bonds. The molecule has 102 valence electrons. The van der Waals surface area contributed by atoms with E-state index in [1.54, 1.807) is 6.07 Å². The van der Waals surface area contributed by atoms with Crippen molar-refractivity contribution in [2.75, 3.05) is 19.6 Å². The van der Waals surface area contributed by atoms with Crippen molar-refractivity contribution in [2.24, 2.45) is 5.84 Å². The normalized spacial score (nSPS) is 13.0. The molecule has 0 aromatic heterocycles. The molecule has 0 spiro atoms. The first-order chi connectivity index (χ1) is 8.62. The lowest BCUT2D eigenvalue weighted by molar-refractivity contribution is 0.282. The van der Waals surface area contributed by atoms with Crippen LogP contribution in [0.1, 0.15) is 31.9 Å². The Balaban J connectivity index is 2.67. The second-order valence-corrected chi connectivity index (χ2v) is 4.21. The first kappa shape index (κ1) is 15.0. The van der Waals surface area contributed by atoms with Crippen LogP contribution in [-0.4, -0.2) is 24.5 Å². The molecule has 0 saturated heterocycles. The van der Waals surface area contributed by atoms with Gasteiger partial charge in [0.05, 0.1) is 0 Å². The lowest BCUT2D eigenvalue weighted by Gasteiger charge is -2.22. The van der Waals surface area contributed by atoms with Crippen molar-refractivity contribution in [1.82, 2.24) is 10.3 Å². The van der Waals surface area contributed by atoms with E-state index in [9.17, 15) is 8.78 Å². The molecular weight excluding hydrogens is 236 g/mol. The second kappa shape index (κ2) is 7.41. The van der Waals surface area contributed by atoms with E-state index in [2.05, 4.69) is 24.2 Å². The molecule has 3 nitrogen and oxygen atoms in total. The Morgan fingerprint density at radius 2 is 1.89 bits per heavy atom. The van der Waals surface area contributed by atoms with E-state index in [1.165, 1.54) is 6.07 Å². The topological polar surface area (TPSA) is 41.3 Å². The average Bonchev–Trinajstić information content (AvgIpc) is 2.38. The van der Waals surface area contributed by atoms with Gasteiger partial charge in [0.25, 0.3) is 0 Å². The van der Waals surface area contributed by atoms with Crippen molar-refractivity contribution >= 4 is 0 Å². The molecule has 1 rings (SSSR count). The van der Waals surface area contributed by atoms with Gasteiger partial charge < -0.3 is 4.90 Å². The van der Waals surface area contributed by atoms with E-state index in [-0.39, 0.29) is 6.04 Å². The SMILES string of the molecule is CCN(CC)CCC(NN)c1ccc(F)c(F)c1. The Morgan fingerprint density at radius 1 is 1.22 bits per heavy atom. The molecule has 0 radical (unpaired) electrons. The minimum Gasteiger partial charge on any atom is -0.304 e. The molecule has 0 heterocycles. The van der Waals surface area contributed by atoms with Crippen molar-refractivity contribution in [3.8, 4) is 0 Å². The maximum absolute atomic E-state index is 13.2. The average molecular weight is 257 g/mol. The monoisotopic (exact) mass is 257 g/mol. The van der Waals surface area contributed by atoms with Crippen LogP contribution in [0.15, 0.2) is 18.2 Å². The van der Waals surface area contributed by atoms with Gasteiger partial charge in [-0.05, 0) is 43.8 Å². The highest BCUT2D eigenvalue weighted by Gasteiger charge is 2.13. The van der Waals surface area contributed by atoms with Crippen LogP contribution in [0.4, 0.5) is 8.78 Å². The molecule has 0 fully saturated rings. The lowest BCUT2D eigenvalue weighted by Crippen LogP contribution is -2.32. The number of rotatable bonds is 7. The van der Waals surface area contributed by atoms with Gasteiger partial charge in [-0.2, -0.15) is 0 Å². The van der Waals surface area contributed by atoms with Gasteiger partial charge in [0.1, 0.15) is 0 Å². The maximum atomic E-state index is 13.2. The molecule has 3 N–H and O–H groups in total. The minimum absolute atomic E-state index is 0.166. The zero-order valence-corrected chi connectivity index (χ0v) is 10.9. The van der Waals surface area contributed by atoms with Crippen molar-refractivity contribution in [3.63, 3.8) is 0 Å². The van der Waals surface area contributed by atoms with E-state index >= 15 is 0 Å². The third-order valence-corrected chi connectivity index (χ3v) is 3.18. The van der Waals surface area contributed by atoms with E-state index in [4.69, 9.17) is 5.84 Å². The van der Waals surface area contributed by atoms with Gasteiger partial charge in [0.2, 0.25) is 0 Å². The Hall–Kier alpha value is -1.04. The first-order valence-corrected chi connectivity index (χ1v) is 6.25. The van der Waals surface area contributed by atoms with Gasteiger partial charge in [-0.1, -0.05) is 19.9 Å². The van der Waals surface area contributed by atoms with Crippen LogP contribution in [0.2, 0.25) is 0 Å². The van der Waals surface area contributed by atoms with Gasteiger partial charge in [-0.3, -0.25) is 11.3 Å². The summed E-state index contributed by atoms with van der Waals surface area (Å²) in [4.78, 5) is 2.25. The summed E-state index contributed by atoms with van der Waals surface area (Å²) in [5, 5.41) is 0. The molecule has 0 aliphatic heterocycles. The Morgan fingerprint density at radius 3 is 2.39 bits per heavy atom. The first-order valence-electron chi connectivity index (χ1n) is 6.25. The molecule has 0 bridgehead atoms. The van der Waals surface area contributed by atoms with Crippen LogP contribution in [0.5, 0.6) is 0 Å². The van der Waals surface area contributed by atoms with Crippen molar-refractivity contribution in [3.05, 3.63) is 35.4 Å². The largest absolute Gasteiger partial charge is 0.304 e. The van der Waals surface area contributed by atoms with E-state index < -0.39 is 11.6 Å². The van der Waals surface area contributed by atoms with Crippen LogP contribution in [0.25, 0.3) is 0 Å². The van der Waals surface area contributed by atoms with Crippen molar-refractivity contribution in [1.29, 1.82) is 0 Å². The molecular formula is C13H21F2N3. The molecule has 1 aromatic rings. The van der Waals surface area contributed by atoms with E-state index in [1.807, 2.05) is 0 Å². The summed E-state index contributed by atoms with van der Waals surface area (Å²) < 4.78 is 26.0. The highest BCUT2D eigenvalue weighted by Crippen LogP contribution is 2.19. The van der Waals surface area contributed by atoms with Gasteiger partial charge in [-0.15, -0.1) is 0 Å². The fraction of sp³-hybridized carbons (Fsp3) is 0.538. The van der Waals surface area contributed by atoms with Gasteiger partial charge in [0.15, 0.2) is 11.6 Å². The Bertz CT molecular complexity index is 367. The van der Waals surface area contributed by atoms with Gasteiger partial charge in [-0.25, -0.2) is 8.78 Å².